The molecule has 11 nitrogen and oxygen atoms in total. The maximum Gasteiger partial charge on any atom is 0.289 e. The van der Waals surface area contributed by atoms with Gasteiger partial charge in [0, 0.05) is 36.4 Å². The molecule has 6 atom stereocenters. The van der Waals surface area contributed by atoms with Crippen LogP contribution in [0.1, 0.15) is 85.6 Å². The maximum atomic E-state index is 14.5. The fourth-order valence-corrected chi connectivity index (χ4v) is 6.75. The Morgan fingerprint density at radius 1 is 1.13 bits per heavy atom. The third-order valence-corrected chi connectivity index (χ3v) is 9.31. The number of likely N-dealkylation sites (N-methyl/N-ethyl adjacent to an activating group) is 1. The third-order valence-electron chi connectivity index (χ3n) is 9.08. The van der Waals surface area contributed by atoms with Gasteiger partial charge in [-0.2, -0.15) is 0 Å². The molecule has 1 saturated heterocycles. The number of nitrogens with one attached hydrogen (secondary N) is 3. The van der Waals surface area contributed by atoms with E-state index in [2.05, 4.69) is 35.0 Å². The van der Waals surface area contributed by atoms with Crippen LogP contribution in [0, 0.1) is 23.2 Å². The zero-order valence-corrected chi connectivity index (χ0v) is 28.7. The molecule has 252 valence electrons. The fourth-order valence-electron chi connectivity index (χ4n) is 6.56. The van der Waals surface area contributed by atoms with Crippen molar-refractivity contribution in [1.82, 2.24) is 20.9 Å². The first kappa shape index (κ1) is 35.4. The topological polar surface area (TPSA) is 146 Å². The minimum atomic E-state index is -1.06. The molecule has 3 aliphatic rings. The fraction of sp³-hybridized carbons (Fsp3) is 0.647. The molecule has 0 radical (unpaired) electrons. The van der Waals surface area contributed by atoms with E-state index in [4.69, 9.17) is 16.4 Å². The largest absolute Gasteiger partial charge is 0.387 e. The minimum Gasteiger partial charge on any atom is -0.387 e. The van der Waals surface area contributed by atoms with Crippen molar-refractivity contribution in [1.29, 1.82) is 0 Å². The molecule has 1 spiro atoms. The van der Waals surface area contributed by atoms with E-state index in [0.717, 1.165) is 18.4 Å². The smallest absolute Gasteiger partial charge is 0.289 e. The van der Waals surface area contributed by atoms with Gasteiger partial charge in [-0.15, -0.1) is 0 Å². The number of Topliss-reactive ketones (excluding diaryl/α,β-unsaturated/α-hetero) is 1. The summed E-state index contributed by atoms with van der Waals surface area (Å²) in [4.78, 5) is 74.3. The lowest BCUT2D eigenvalue weighted by Gasteiger charge is -2.35. The van der Waals surface area contributed by atoms with Crippen LogP contribution in [0.4, 0.5) is 0 Å². The van der Waals surface area contributed by atoms with Gasteiger partial charge < -0.3 is 25.7 Å². The molecule has 2 fully saturated rings. The molecule has 2 heterocycles. The number of carbonyl (C=O) groups excluding carboxylic acids is 5. The van der Waals surface area contributed by atoms with Gasteiger partial charge in [-0.05, 0) is 48.6 Å². The van der Waals surface area contributed by atoms with Crippen LogP contribution in [-0.4, -0.2) is 77.3 Å². The van der Waals surface area contributed by atoms with Gasteiger partial charge in [0.25, 0.3) is 5.91 Å². The van der Waals surface area contributed by atoms with E-state index in [0.29, 0.717) is 35.4 Å². The summed E-state index contributed by atoms with van der Waals surface area (Å²) in [5.41, 5.74) is -0.272. The lowest BCUT2D eigenvalue weighted by atomic mass is 9.85. The number of carbonyl (C=O) groups is 5. The highest BCUT2D eigenvalue weighted by Crippen LogP contribution is 2.44. The predicted molar refractivity (Wildman–Crippen MR) is 175 cm³/mol. The Hall–Kier alpha value is -3.47. The summed E-state index contributed by atoms with van der Waals surface area (Å²) in [5.74, 6) is -2.07. The van der Waals surface area contributed by atoms with Crippen LogP contribution >= 0.6 is 11.6 Å². The van der Waals surface area contributed by atoms with Gasteiger partial charge in [0.15, 0.2) is 5.60 Å². The van der Waals surface area contributed by atoms with Crippen molar-refractivity contribution in [3.8, 4) is 0 Å². The quantitative estimate of drug-likeness (QED) is 0.293. The summed E-state index contributed by atoms with van der Waals surface area (Å²) in [6.45, 7) is 11.8. The molecule has 0 aromatic heterocycles. The molecular formula is C34H48ClN5O6. The predicted octanol–water partition coefficient (Wildman–Crippen LogP) is 3.62. The monoisotopic (exact) mass is 657 g/mol. The molecule has 4 rings (SSSR count). The summed E-state index contributed by atoms with van der Waals surface area (Å²) >= 11 is 6.22. The van der Waals surface area contributed by atoms with Gasteiger partial charge in [0.05, 0.1) is 18.3 Å². The van der Waals surface area contributed by atoms with Crippen LogP contribution in [0.3, 0.4) is 0 Å². The molecule has 4 amide bonds. The second-order valence-corrected chi connectivity index (χ2v) is 15.0. The number of hydrogen-bond donors (Lipinski definition) is 3. The average Bonchev–Trinajstić information content (AvgIpc) is 3.46. The number of halogens is 1. The van der Waals surface area contributed by atoms with Gasteiger partial charge in [0.2, 0.25) is 23.5 Å². The van der Waals surface area contributed by atoms with Crippen molar-refractivity contribution >= 4 is 46.7 Å². The molecule has 46 heavy (non-hydrogen) atoms. The highest BCUT2D eigenvalue weighted by Gasteiger charge is 2.56. The first-order chi connectivity index (χ1) is 21.6. The Morgan fingerprint density at radius 3 is 2.46 bits per heavy atom. The third kappa shape index (κ3) is 8.08. The number of hydrogen-bond acceptors (Lipinski definition) is 7. The second kappa shape index (κ2) is 14.1. The SMILES string of the molecule is CCC[C@H](NC(=O)[C@@H]1C[C@]2(CC(c3cccc(Cl)c3)=NO2)CN1C(=O)[C@@H](NC(=O)[C@@H]1C[C@@H]1CC(C)C)C(C)(C)C)C(=O)C(=O)NC. The van der Waals surface area contributed by atoms with E-state index in [1.807, 2.05) is 39.8 Å². The van der Waals surface area contributed by atoms with Crippen LogP contribution < -0.4 is 16.0 Å². The molecule has 3 N–H and O–H groups in total. The number of rotatable bonds is 12. The van der Waals surface area contributed by atoms with Gasteiger partial charge >= 0.3 is 0 Å². The Labute approximate surface area is 276 Å². The Kier molecular flexibility index (Phi) is 10.9. The molecular weight excluding hydrogens is 610 g/mol. The summed E-state index contributed by atoms with van der Waals surface area (Å²) in [6, 6.07) is 4.21. The molecule has 0 bridgehead atoms. The summed E-state index contributed by atoms with van der Waals surface area (Å²) in [5, 5.41) is 13.0. The van der Waals surface area contributed by atoms with Crippen molar-refractivity contribution < 1.29 is 28.8 Å². The van der Waals surface area contributed by atoms with Crippen LogP contribution in [0.15, 0.2) is 29.4 Å². The number of ketones is 1. The van der Waals surface area contributed by atoms with Crippen molar-refractivity contribution in [3.63, 3.8) is 0 Å². The number of amides is 4. The van der Waals surface area contributed by atoms with Crippen molar-refractivity contribution in [3.05, 3.63) is 34.9 Å². The Morgan fingerprint density at radius 2 is 1.85 bits per heavy atom. The van der Waals surface area contributed by atoms with Gasteiger partial charge in [-0.1, -0.05) is 76.9 Å². The number of likely N-dealkylation sites (tertiary alicyclic amines) is 1. The van der Waals surface area contributed by atoms with Crippen LogP contribution in [0.5, 0.6) is 0 Å². The second-order valence-electron chi connectivity index (χ2n) is 14.5. The highest BCUT2D eigenvalue weighted by molar-refractivity contribution is 6.38. The highest BCUT2D eigenvalue weighted by atomic mass is 35.5. The minimum absolute atomic E-state index is 0.0428. The summed E-state index contributed by atoms with van der Waals surface area (Å²) in [7, 11) is 1.36. The molecule has 12 heteroatoms. The van der Waals surface area contributed by atoms with Crippen LogP contribution in [-0.2, 0) is 28.8 Å². The maximum absolute atomic E-state index is 14.5. The van der Waals surface area contributed by atoms with Crippen LogP contribution in [0.25, 0.3) is 0 Å². The molecule has 1 aromatic carbocycles. The van der Waals surface area contributed by atoms with E-state index in [1.165, 1.54) is 11.9 Å². The Bertz CT molecular complexity index is 1390. The molecule has 0 unspecified atom stereocenters. The zero-order valence-electron chi connectivity index (χ0n) is 27.9. The molecule has 1 saturated carbocycles. The number of benzene rings is 1. The molecule has 2 aliphatic heterocycles. The molecule has 1 aromatic rings. The normalized spacial score (nSPS) is 25.0. The summed E-state index contributed by atoms with van der Waals surface area (Å²) < 4.78 is 0. The van der Waals surface area contributed by atoms with Crippen molar-refractivity contribution in [2.45, 2.75) is 104 Å². The van der Waals surface area contributed by atoms with E-state index in [9.17, 15) is 24.0 Å². The van der Waals surface area contributed by atoms with E-state index < -0.39 is 52.6 Å². The van der Waals surface area contributed by atoms with E-state index in [1.54, 1.807) is 12.1 Å². The van der Waals surface area contributed by atoms with Gasteiger partial charge in [-0.3, -0.25) is 24.0 Å². The number of nitrogens with zero attached hydrogens (tertiary/aromatic N) is 2. The first-order valence-corrected chi connectivity index (χ1v) is 16.6. The zero-order chi connectivity index (χ0) is 34.0. The lowest BCUT2D eigenvalue weighted by molar-refractivity contribution is -0.145. The Balaban J connectivity index is 1.61. The first-order valence-electron chi connectivity index (χ1n) is 16.3. The average molecular weight is 658 g/mol. The summed E-state index contributed by atoms with van der Waals surface area (Å²) in [6.07, 6.45) is 2.96. The van der Waals surface area contributed by atoms with Crippen LogP contribution in [0.2, 0.25) is 5.02 Å². The van der Waals surface area contributed by atoms with Gasteiger partial charge in [0.1, 0.15) is 12.1 Å². The van der Waals surface area contributed by atoms with Crippen molar-refractivity contribution in [2.75, 3.05) is 13.6 Å². The van der Waals surface area contributed by atoms with E-state index >= 15 is 0 Å². The lowest BCUT2D eigenvalue weighted by Crippen LogP contribution is -2.59. The number of oxime groups is 1. The van der Waals surface area contributed by atoms with Crippen molar-refractivity contribution in [2.24, 2.45) is 28.3 Å². The van der Waals surface area contributed by atoms with E-state index in [-0.39, 0.29) is 31.2 Å². The molecule has 1 aliphatic carbocycles. The van der Waals surface area contributed by atoms with Gasteiger partial charge in [-0.25, -0.2) is 0 Å². The standard InChI is InChI=1S/C34H48ClN5O6/c1-8-10-24(27(41)31(44)36-7)37-30(43)26-17-34(16-25(39-46-34)20-11-9-12-22(35)14-20)18-40(26)32(45)28(33(4,5)6)38-29(42)23-15-21(23)13-19(2)3/h9,11-12,14,19,21,23-24,26,28H,8,10,13,15-18H2,1-7H3,(H,36,44)(H,37,43)(H,38,42)/t21-,23+,24-,26-,28+,34+/m0/s1.